The fraction of sp³-hybridized carbons (Fsp3) is 0.357. The van der Waals surface area contributed by atoms with Gasteiger partial charge in [-0.1, -0.05) is 36.3 Å². The van der Waals surface area contributed by atoms with Gasteiger partial charge in [0.25, 0.3) is 0 Å². The number of nitrogens with zero attached hydrogens (tertiary/aromatic N) is 1. The number of terminal acetylenes is 1. The van der Waals surface area contributed by atoms with Gasteiger partial charge in [0.1, 0.15) is 6.04 Å². The summed E-state index contributed by atoms with van der Waals surface area (Å²) in [5, 5.41) is 9.48. The van der Waals surface area contributed by atoms with E-state index in [1.165, 1.54) is 0 Å². The summed E-state index contributed by atoms with van der Waals surface area (Å²) in [7, 11) is 0. The molecule has 17 heavy (non-hydrogen) atoms. The molecule has 0 radical (unpaired) electrons. The maximum Gasteiger partial charge on any atom is 0.232 e. The summed E-state index contributed by atoms with van der Waals surface area (Å²) in [6, 6.07) is 9.40. The predicted molar refractivity (Wildman–Crippen MR) is 64.8 cm³/mol. The van der Waals surface area contributed by atoms with E-state index in [4.69, 9.17) is 6.42 Å². The molecule has 1 amide bonds. The van der Waals surface area contributed by atoms with Crippen molar-refractivity contribution in [3.05, 3.63) is 35.9 Å². The van der Waals surface area contributed by atoms with Crippen molar-refractivity contribution in [2.24, 2.45) is 5.92 Å². The first kappa shape index (κ1) is 11.7. The standard InChI is InChI=1S/C14H15NO2/c1-3-12-13(10(2)16)14(17)15(12)9-11-7-5-4-6-8-11/h1,4-8,10,12-13,16H,9H2,2H3/t10-,12?,13?/m0/s1. The third kappa shape index (κ3) is 2.04. The van der Waals surface area contributed by atoms with Crippen molar-refractivity contribution in [2.45, 2.75) is 25.6 Å². The average Bonchev–Trinajstić information content (AvgIpc) is 2.33. The second-order valence-corrected chi connectivity index (χ2v) is 4.33. The molecule has 1 heterocycles. The molecular weight excluding hydrogens is 214 g/mol. The van der Waals surface area contributed by atoms with Gasteiger partial charge in [-0.05, 0) is 12.5 Å². The molecule has 1 aromatic rings. The normalized spacial score (nSPS) is 25.0. The Morgan fingerprint density at radius 2 is 2.12 bits per heavy atom. The van der Waals surface area contributed by atoms with Crippen LogP contribution in [0.1, 0.15) is 12.5 Å². The van der Waals surface area contributed by atoms with Crippen LogP contribution >= 0.6 is 0 Å². The van der Waals surface area contributed by atoms with Crippen molar-refractivity contribution < 1.29 is 9.90 Å². The van der Waals surface area contributed by atoms with Crippen LogP contribution < -0.4 is 0 Å². The van der Waals surface area contributed by atoms with Crippen molar-refractivity contribution in [1.82, 2.24) is 4.90 Å². The molecule has 1 fully saturated rings. The van der Waals surface area contributed by atoms with Gasteiger partial charge in [0, 0.05) is 6.54 Å². The van der Waals surface area contributed by atoms with Crippen LogP contribution in [-0.2, 0) is 11.3 Å². The van der Waals surface area contributed by atoms with E-state index in [1.54, 1.807) is 11.8 Å². The largest absolute Gasteiger partial charge is 0.392 e. The van der Waals surface area contributed by atoms with E-state index in [2.05, 4.69) is 5.92 Å². The number of β-lactam (4-membered cyclic amide) rings is 1. The van der Waals surface area contributed by atoms with Gasteiger partial charge in [-0.3, -0.25) is 4.79 Å². The minimum Gasteiger partial charge on any atom is -0.392 e. The Morgan fingerprint density at radius 3 is 2.65 bits per heavy atom. The topological polar surface area (TPSA) is 40.5 Å². The minimum atomic E-state index is -0.685. The van der Waals surface area contributed by atoms with Crippen LogP contribution in [0.3, 0.4) is 0 Å². The Hall–Kier alpha value is -1.79. The molecule has 88 valence electrons. The highest BCUT2D eigenvalue weighted by atomic mass is 16.3. The van der Waals surface area contributed by atoms with Gasteiger partial charge < -0.3 is 10.0 Å². The van der Waals surface area contributed by atoms with Crippen LogP contribution in [0.4, 0.5) is 0 Å². The lowest BCUT2D eigenvalue weighted by molar-refractivity contribution is -0.160. The fourth-order valence-electron chi connectivity index (χ4n) is 2.20. The number of likely N-dealkylation sites (tertiary alicyclic amines) is 1. The molecule has 1 aliphatic rings. The Kier molecular flexibility index (Phi) is 3.16. The van der Waals surface area contributed by atoms with E-state index in [-0.39, 0.29) is 11.9 Å². The van der Waals surface area contributed by atoms with Crippen molar-refractivity contribution in [2.75, 3.05) is 0 Å². The zero-order valence-corrected chi connectivity index (χ0v) is 9.71. The Morgan fingerprint density at radius 1 is 1.47 bits per heavy atom. The van der Waals surface area contributed by atoms with Crippen molar-refractivity contribution in [3.8, 4) is 12.3 Å². The number of rotatable bonds is 3. The molecule has 1 N–H and O–H groups in total. The quantitative estimate of drug-likeness (QED) is 0.621. The Balaban J connectivity index is 2.09. The van der Waals surface area contributed by atoms with Gasteiger partial charge in [0.05, 0.1) is 12.0 Å². The van der Waals surface area contributed by atoms with Crippen LogP contribution in [0, 0.1) is 18.3 Å². The van der Waals surface area contributed by atoms with E-state index in [1.807, 2.05) is 30.3 Å². The summed E-state index contributed by atoms with van der Waals surface area (Å²) >= 11 is 0. The van der Waals surface area contributed by atoms with Crippen LogP contribution in [0.25, 0.3) is 0 Å². The molecular formula is C14H15NO2. The summed E-state index contributed by atoms with van der Waals surface area (Å²) < 4.78 is 0. The number of amides is 1. The maximum atomic E-state index is 11.8. The molecule has 2 unspecified atom stereocenters. The number of aliphatic hydroxyl groups is 1. The smallest absolute Gasteiger partial charge is 0.232 e. The third-order valence-electron chi connectivity index (χ3n) is 3.13. The lowest BCUT2D eigenvalue weighted by Crippen LogP contribution is -2.62. The fourth-order valence-corrected chi connectivity index (χ4v) is 2.20. The summed E-state index contributed by atoms with van der Waals surface area (Å²) in [6.45, 7) is 2.12. The molecule has 0 aliphatic carbocycles. The van der Waals surface area contributed by atoms with Crippen LogP contribution in [0.15, 0.2) is 30.3 Å². The summed E-state index contributed by atoms with van der Waals surface area (Å²) in [5.74, 6) is 2.07. The molecule has 0 bridgehead atoms. The average molecular weight is 229 g/mol. The first-order valence-electron chi connectivity index (χ1n) is 5.63. The molecule has 1 aromatic carbocycles. The maximum absolute atomic E-state index is 11.8. The number of carbonyl (C=O) groups is 1. The molecule has 1 aliphatic heterocycles. The number of hydrogen-bond donors (Lipinski definition) is 1. The minimum absolute atomic E-state index is 0.0631. The van der Waals surface area contributed by atoms with E-state index in [0.717, 1.165) is 5.56 Å². The zero-order chi connectivity index (χ0) is 12.4. The molecule has 3 heteroatoms. The van der Waals surface area contributed by atoms with Gasteiger partial charge in [-0.25, -0.2) is 0 Å². The van der Waals surface area contributed by atoms with Gasteiger partial charge >= 0.3 is 0 Å². The molecule has 0 saturated carbocycles. The zero-order valence-electron chi connectivity index (χ0n) is 9.71. The van der Waals surface area contributed by atoms with Crippen molar-refractivity contribution in [3.63, 3.8) is 0 Å². The van der Waals surface area contributed by atoms with Crippen LogP contribution in [-0.4, -0.2) is 28.1 Å². The number of benzene rings is 1. The van der Waals surface area contributed by atoms with E-state index < -0.39 is 12.0 Å². The second kappa shape index (κ2) is 4.60. The first-order valence-corrected chi connectivity index (χ1v) is 5.63. The molecule has 0 aromatic heterocycles. The van der Waals surface area contributed by atoms with Crippen LogP contribution in [0.5, 0.6) is 0 Å². The van der Waals surface area contributed by atoms with E-state index in [0.29, 0.717) is 6.54 Å². The SMILES string of the molecule is C#CC1C([C@H](C)O)C(=O)N1Cc1ccccc1. The second-order valence-electron chi connectivity index (χ2n) is 4.33. The predicted octanol–water partition coefficient (Wildman–Crippen LogP) is 1.03. The van der Waals surface area contributed by atoms with Crippen molar-refractivity contribution in [1.29, 1.82) is 0 Å². The van der Waals surface area contributed by atoms with Gasteiger partial charge in [0.15, 0.2) is 0 Å². The highest BCUT2D eigenvalue weighted by Gasteiger charge is 2.48. The number of carbonyl (C=O) groups excluding carboxylic acids is 1. The lowest BCUT2D eigenvalue weighted by atomic mass is 9.83. The monoisotopic (exact) mass is 229 g/mol. The van der Waals surface area contributed by atoms with Crippen LogP contribution in [0.2, 0.25) is 0 Å². The summed E-state index contributed by atoms with van der Waals surface area (Å²) in [6.07, 6.45) is 4.73. The molecule has 0 spiro atoms. The van der Waals surface area contributed by atoms with Gasteiger partial charge in [-0.15, -0.1) is 6.42 Å². The number of hydrogen-bond acceptors (Lipinski definition) is 2. The summed E-state index contributed by atoms with van der Waals surface area (Å²) in [4.78, 5) is 13.5. The summed E-state index contributed by atoms with van der Waals surface area (Å²) in [5.41, 5.74) is 1.05. The van der Waals surface area contributed by atoms with Gasteiger partial charge in [-0.2, -0.15) is 0 Å². The molecule has 2 rings (SSSR count). The molecule has 3 nitrogen and oxygen atoms in total. The highest BCUT2D eigenvalue weighted by molar-refractivity contribution is 5.87. The van der Waals surface area contributed by atoms with E-state index in [9.17, 15) is 9.90 Å². The Labute approximate surface area is 101 Å². The Bertz CT molecular complexity index is 447. The molecule has 1 saturated heterocycles. The number of aliphatic hydroxyl groups excluding tert-OH is 1. The van der Waals surface area contributed by atoms with Gasteiger partial charge in [0.2, 0.25) is 5.91 Å². The third-order valence-corrected chi connectivity index (χ3v) is 3.13. The highest BCUT2D eigenvalue weighted by Crippen LogP contribution is 2.30. The van der Waals surface area contributed by atoms with E-state index >= 15 is 0 Å². The lowest BCUT2D eigenvalue weighted by Gasteiger charge is -2.45. The molecule has 3 atom stereocenters. The van der Waals surface area contributed by atoms with Crippen molar-refractivity contribution >= 4 is 5.91 Å². The first-order chi connectivity index (χ1) is 8.15.